The van der Waals surface area contributed by atoms with E-state index in [9.17, 15) is 13.6 Å². The van der Waals surface area contributed by atoms with Crippen molar-refractivity contribution in [2.75, 3.05) is 23.7 Å². The zero-order valence-electron chi connectivity index (χ0n) is 13.5. The van der Waals surface area contributed by atoms with Crippen molar-refractivity contribution in [2.24, 2.45) is 0 Å². The minimum absolute atomic E-state index is 0.0476. The summed E-state index contributed by atoms with van der Waals surface area (Å²) in [4.78, 5) is 17.3. The maximum absolute atomic E-state index is 14.4. The van der Waals surface area contributed by atoms with E-state index in [1.807, 2.05) is 0 Å². The van der Waals surface area contributed by atoms with Crippen molar-refractivity contribution in [1.29, 1.82) is 0 Å². The van der Waals surface area contributed by atoms with Gasteiger partial charge in [0, 0.05) is 25.7 Å². The number of ether oxygens (including phenoxy) is 1. The average Bonchev–Trinajstić information content (AvgIpc) is 2.41. The number of aromatic nitrogens is 1. The molecule has 2 heterocycles. The molecule has 1 amide bonds. The molecule has 0 saturated carbocycles. The number of alkyl halides is 2. The summed E-state index contributed by atoms with van der Waals surface area (Å²) in [6, 6.07) is 0.0556. The zero-order chi connectivity index (χ0) is 17.3. The number of piperidine rings is 1. The minimum atomic E-state index is -3.04. The van der Waals surface area contributed by atoms with Crippen LogP contribution in [0.25, 0.3) is 0 Å². The Morgan fingerprint density at radius 1 is 1.52 bits per heavy atom. The van der Waals surface area contributed by atoms with E-state index in [1.165, 1.54) is 18.5 Å². The summed E-state index contributed by atoms with van der Waals surface area (Å²) in [6.45, 7) is 5.17. The molecule has 6 nitrogen and oxygen atoms in total. The Balaban J connectivity index is 2.43. The molecule has 3 N–H and O–H groups in total. The smallest absolute Gasteiger partial charge is 0.415 e. The number of nitrogens with one attached hydrogen (secondary N) is 1. The van der Waals surface area contributed by atoms with E-state index < -0.39 is 23.7 Å². The summed E-state index contributed by atoms with van der Waals surface area (Å²) >= 11 is 0. The van der Waals surface area contributed by atoms with Gasteiger partial charge < -0.3 is 15.8 Å². The first-order valence-corrected chi connectivity index (χ1v) is 7.42. The van der Waals surface area contributed by atoms with E-state index in [1.54, 1.807) is 20.8 Å². The Morgan fingerprint density at radius 2 is 2.22 bits per heavy atom. The van der Waals surface area contributed by atoms with Gasteiger partial charge in [0.1, 0.15) is 11.6 Å². The monoisotopic (exact) mass is 328 g/mol. The highest BCUT2D eigenvalue weighted by atomic mass is 19.3. The van der Waals surface area contributed by atoms with Crippen LogP contribution in [0.4, 0.5) is 25.0 Å². The van der Waals surface area contributed by atoms with Crippen LogP contribution in [0.3, 0.4) is 0 Å². The predicted molar refractivity (Wildman–Crippen MR) is 83.6 cm³/mol. The van der Waals surface area contributed by atoms with Crippen LogP contribution in [0.1, 0.15) is 27.2 Å². The van der Waals surface area contributed by atoms with Gasteiger partial charge in [0.25, 0.3) is 5.92 Å². The first kappa shape index (κ1) is 17.4. The molecule has 23 heavy (non-hydrogen) atoms. The number of carbonyl (C=O) groups excluding carboxylic acids is 1. The summed E-state index contributed by atoms with van der Waals surface area (Å²) in [7, 11) is 0. The molecular weight excluding hydrogens is 306 g/mol. The quantitative estimate of drug-likeness (QED) is 0.871. The van der Waals surface area contributed by atoms with Gasteiger partial charge in [-0.2, -0.15) is 0 Å². The highest BCUT2D eigenvalue weighted by molar-refractivity contribution is 5.92. The van der Waals surface area contributed by atoms with Crippen LogP contribution < -0.4 is 16.0 Å². The molecule has 1 aliphatic rings. The number of rotatable bonds is 2. The maximum atomic E-state index is 14.4. The molecule has 0 spiro atoms. The number of nitrogens with two attached hydrogens (primary N) is 1. The van der Waals surface area contributed by atoms with Crippen molar-refractivity contribution >= 4 is 17.5 Å². The maximum Gasteiger partial charge on any atom is 0.415 e. The topological polar surface area (TPSA) is 80.5 Å². The van der Waals surface area contributed by atoms with Gasteiger partial charge in [-0.15, -0.1) is 0 Å². The second-order valence-electron chi connectivity index (χ2n) is 6.52. The van der Waals surface area contributed by atoms with Crippen molar-refractivity contribution in [1.82, 2.24) is 10.3 Å². The van der Waals surface area contributed by atoms with E-state index in [2.05, 4.69) is 10.3 Å². The van der Waals surface area contributed by atoms with E-state index in [-0.39, 0.29) is 30.9 Å². The van der Waals surface area contributed by atoms with Crippen LogP contribution in [0, 0.1) is 0 Å². The Bertz CT molecular complexity index is 575. The molecule has 1 atom stereocenters. The summed E-state index contributed by atoms with van der Waals surface area (Å²) < 4.78 is 34.1. The highest BCUT2D eigenvalue weighted by Crippen LogP contribution is 2.35. The fourth-order valence-corrected chi connectivity index (χ4v) is 2.41. The van der Waals surface area contributed by atoms with Crippen LogP contribution in [0.15, 0.2) is 18.5 Å². The van der Waals surface area contributed by atoms with Gasteiger partial charge in [0.05, 0.1) is 17.6 Å². The van der Waals surface area contributed by atoms with E-state index in [0.717, 1.165) is 4.90 Å². The Morgan fingerprint density at radius 3 is 2.78 bits per heavy atom. The molecule has 1 aromatic rings. The molecule has 1 saturated heterocycles. The summed E-state index contributed by atoms with van der Waals surface area (Å²) in [5.74, 6) is -3.04. The lowest BCUT2D eigenvalue weighted by Crippen LogP contribution is -2.60. The number of anilines is 2. The molecule has 1 aromatic heterocycles. The summed E-state index contributed by atoms with van der Waals surface area (Å²) in [6.07, 6.45) is 1.50. The van der Waals surface area contributed by atoms with Gasteiger partial charge in [-0.3, -0.25) is 9.88 Å². The van der Waals surface area contributed by atoms with Crippen LogP contribution in [-0.4, -0.2) is 41.7 Å². The zero-order valence-corrected chi connectivity index (χ0v) is 13.5. The summed E-state index contributed by atoms with van der Waals surface area (Å²) in [5.41, 5.74) is 5.34. The molecule has 0 aromatic carbocycles. The normalized spacial score (nSPS) is 20.8. The Hall–Kier alpha value is -1.96. The number of amides is 1. The number of pyridine rings is 1. The van der Waals surface area contributed by atoms with Crippen molar-refractivity contribution < 1.29 is 18.3 Å². The van der Waals surface area contributed by atoms with E-state index in [0.29, 0.717) is 0 Å². The number of hydrogen-bond acceptors (Lipinski definition) is 5. The summed E-state index contributed by atoms with van der Waals surface area (Å²) in [5, 5.41) is 2.89. The second kappa shape index (κ2) is 6.27. The van der Waals surface area contributed by atoms with E-state index >= 15 is 0 Å². The van der Waals surface area contributed by atoms with Crippen molar-refractivity contribution in [3.8, 4) is 0 Å². The second-order valence-corrected chi connectivity index (χ2v) is 6.52. The standard InChI is InChI=1S/C15H22F2N4O2/c1-14(2,3)23-13(22)21(11-4-6-19-8-10(11)18)12-9-20-7-5-15(12,16)17/h4,6,8,12,20H,5,7,9,18H2,1-3H3. The molecule has 128 valence electrons. The van der Waals surface area contributed by atoms with Gasteiger partial charge in [0.2, 0.25) is 0 Å². The number of hydrogen-bond donors (Lipinski definition) is 2. The highest BCUT2D eigenvalue weighted by Gasteiger charge is 2.48. The largest absolute Gasteiger partial charge is 0.443 e. The molecule has 1 fully saturated rings. The van der Waals surface area contributed by atoms with Crippen molar-refractivity contribution in [3.05, 3.63) is 18.5 Å². The Kier molecular flexibility index (Phi) is 4.74. The fraction of sp³-hybridized carbons (Fsp3) is 0.600. The van der Waals surface area contributed by atoms with Gasteiger partial charge in [-0.25, -0.2) is 13.6 Å². The molecular formula is C15H22F2N4O2. The lowest BCUT2D eigenvalue weighted by molar-refractivity contribution is -0.0492. The fourth-order valence-electron chi connectivity index (χ4n) is 2.41. The number of nitrogen functional groups attached to an aromatic ring is 1. The SMILES string of the molecule is CC(C)(C)OC(=O)N(c1ccncc1N)C1CNCCC1(F)F. The van der Waals surface area contributed by atoms with Crippen molar-refractivity contribution in [2.45, 2.75) is 44.8 Å². The first-order valence-electron chi connectivity index (χ1n) is 7.42. The third-order valence-electron chi connectivity index (χ3n) is 3.45. The number of carbonyl (C=O) groups is 1. The molecule has 8 heteroatoms. The molecule has 2 rings (SSSR count). The molecule has 1 unspecified atom stereocenters. The number of halogens is 2. The third-order valence-corrected chi connectivity index (χ3v) is 3.45. The van der Waals surface area contributed by atoms with Crippen LogP contribution in [0.5, 0.6) is 0 Å². The number of nitrogens with zero attached hydrogens (tertiary/aromatic N) is 2. The molecule has 0 radical (unpaired) electrons. The minimum Gasteiger partial charge on any atom is -0.443 e. The lowest BCUT2D eigenvalue weighted by atomic mass is 10.0. The van der Waals surface area contributed by atoms with Crippen molar-refractivity contribution in [3.63, 3.8) is 0 Å². The molecule has 0 aliphatic carbocycles. The third kappa shape index (κ3) is 4.07. The predicted octanol–water partition coefficient (Wildman–Crippen LogP) is 2.40. The van der Waals surface area contributed by atoms with Crippen LogP contribution >= 0.6 is 0 Å². The molecule has 1 aliphatic heterocycles. The van der Waals surface area contributed by atoms with Crippen LogP contribution in [0.2, 0.25) is 0 Å². The Labute approximate surface area is 134 Å². The molecule has 0 bridgehead atoms. The lowest BCUT2D eigenvalue weighted by Gasteiger charge is -2.40. The van der Waals surface area contributed by atoms with Crippen LogP contribution in [-0.2, 0) is 4.74 Å². The van der Waals surface area contributed by atoms with E-state index in [4.69, 9.17) is 10.5 Å². The average molecular weight is 328 g/mol. The van der Waals surface area contributed by atoms with Gasteiger partial charge in [0.15, 0.2) is 0 Å². The van der Waals surface area contributed by atoms with Gasteiger partial charge >= 0.3 is 6.09 Å². The first-order chi connectivity index (χ1) is 10.6. The van der Waals surface area contributed by atoms with Gasteiger partial charge in [-0.1, -0.05) is 0 Å². The van der Waals surface area contributed by atoms with Gasteiger partial charge in [-0.05, 0) is 26.8 Å².